The number of halogens is 2. The van der Waals surface area contributed by atoms with Crippen LogP contribution in [0, 0.1) is 0 Å². The van der Waals surface area contributed by atoms with Gasteiger partial charge in [-0.05, 0) is 41.8 Å². The lowest BCUT2D eigenvalue weighted by Gasteiger charge is -2.31. The summed E-state index contributed by atoms with van der Waals surface area (Å²) in [6.07, 6.45) is 1.06. The molecule has 0 fully saturated rings. The maximum atomic E-state index is 13.5. The summed E-state index contributed by atoms with van der Waals surface area (Å²) < 4.78 is 26.2. The Morgan fingerprint density at radius 3 is 2.08 bits per heavy atom. The fourth-order valence-electron chi connectivity index (χ4n) is 3.66. The van der Waals surface area contributed by atoms with Gasteiger partial charge < -0.3 is 10.2 Å². The fourth-order valence-corrected chi connectivity index (χ4v) is 4.72. The molecule has 1 N–H and O–H groups in total. The predicted molar refractivity (Wildman–Crippen MR) is 146 cm³/mol. The predicted octanol–water partition coefficient (Wildman–Crippen LogP) is 4.49. The first-order valence-electron chi connectivity index (χ1n) is 11.6. The lowest BCUT2D eigenvalue weighted by molar-refractivity contribution is -0.140. The summed E-state index contributed by atoms with van der Waals surface area (Å²) in [6.45, 7) is 1.52. The van der Waals surface area contributed by atoms with Gasteiger partial charge >= 0.3 is 0 Å². The third-order valence-electron chi connectivity index (χ3n) is 5.83. The van der Waals surface area contributed by atoms with Crippen molar-refractivity contribution in [2.24, 2.45) is 0 Å². The highest BCUT2D eigenvalue weighted by Gasteiger charge is 2.30. The second kappa shape index (κ2) is 13.1. The molecule has 7 nitrogen and oxygen atoms in total. The lowest BCUT2D eigenvalue weighted by atomic mass is 10.1. The van der Waals surface area contributed by atoms with Crippen LogP contribution in [0.5, 0.6) is 0 Å². The molecule has 3 rings (SSSR count). The van der Waals surface area contributed by atoms with Crippen molar-refractivity contribution in [2.45, 2.75) is 32.6 Å². The zero-order valence-corrected chi connectivity index (χ0v) is 22.9. The number of carbonyl (C=O) groups is 2. The molecule has 196 valence electrons. The van der Waals surface area contributed by atoms with Crippen LogP contribution in [0.1, 0.15) is 23.6 Å². The molecule has 0 aromatic heterocycles. The first-order valence-corrected chi connectivity index (χ1v) is 14.2. The van der Waals surface area contributed by atoms with Crippen molar-refractivity contribution in [3.63, 3.8) is 0 Å². The summed E-state index contributed by atoms with van der Waals surface area (Å²) in [7, 11) is -3.71. The highest BCUT2D eigenvalue weighted by atomic mass is 35.5. The van der Waals surface area contributed by atoms with E-state index < -0.39 is 34.4 Å². The molecule has 0 spiro atoms. The van der Waals surface area contributed by atoms with Gasteiger partial charge in [0.15, 0.2) is 0 Å². The van der Waals surface area contributed by atoms with E-state index in [0.29, 0.717) is 10.0 Å². The lowest BCUT2D eigenvalue weighted by Crippen LogP contribution is -2.50. The molecule has 3 aromatic carbocycles. The number of benzene rings is 3. The van der Waals surface area contributed by atoms with Crippen molar-refractivity contribution in [1.82, 2.24) is 14.5 Å². The fraction of sp³-hybridized carbons (Fsp3) is 0.259. The average molecular weight is 563 g/mol. The van der Waals surface area contributed by atoms with E-state index in [1.54, 1.807) is 73.7 Å². The minimum atomic E-state index is -3.71. The Kier molecular flexibility index (Phi) is 10.1. The number of hydrogen-bond donors (Lipinski definition) is 1. The summed E-state index contributed by atoms with van der Waals surface area (Å²) in [5, 5.41) is 3.89. The van der Waals surface area contributed by atoms with Gasteiger partial charge in [-0.3, -0.25) is 9.59 Å². The monoisotopic (exact) mass is 561 g/mol. The van der Waals surface area contributed by atoms with Gasteiger partial charge in [0, 0.05) is 29.7 Å². The first-order chi connectivity index (χ1) is 17.5. The molecule has 37 heavy (non-hydrogen) atoms. The smallest absolute Gasteiger partial charge is 0.242 e. The number of carbonyl (C=O) groups excluding carboxylic acids is 2. The highest BCUT2D eigenvalue weighted by Crippen LogP contribution is 2.17. The van der Waals surface area contributed by atoms with Gasteiger partial charge in [0.25, 0.3) is 0 Å². The average Bonchev–Trinajstić information content (AvgIpc) is 2.87. The summed E-state index contributed by atoms with van der Waals surface area (Å²) in [6, 6.07) is 22.2. The third kappa shape index (κ3) is 8.57. The van der Waals surface area contributed by atoms with Crippen LogP contribution in [0.3, 0.4) is 0 Å². The zero-order chi connectivity index (χ0) is 27.0. The summed E-state index contributed by atoms with van der Waals surface area (Å²) in [5.74, 6) is -0.895. The van der Waals surface area contributed by atoms with Gasteiger partial charge in [-0.1, -0.05) is 83.9 Å². The molecule has 10 heteroatoms. The molecule has 1 unspecified atom stereocenters. The number of rotatable bonds is 11. The van der Waals surface area contributed by atoms with Crippen molar-refractivity contribution < 1.29 is 18.0 Å². The third-order valence-corrected chi connectivity index (χ3v) is 7.64. The Morgan fingerprint density at radius 2 is 1.46 bits per heavy atom. The van der Waals surface area contributed by atoms with Gasteiger partial charge in [-0.15, -0.1) is 0 Å². The van der Waals surface area contributed by atoms with Crippen molar-refractivity contribution in [2.75, 3.05) is 12.8 Å². The number of hydrogen-bond acceptors (Lipinski definition) is 4. The zero-order valence-electron chi connectivity index (χ0n) is 20.6. The molecule has 0 saturated carbocycles. The van der Waals surface area contributed by atoms with Gasteiger partial charge in [-0.25, -0.2) is 8.42 Å². The molecule has 0 heterocycles. The van der Waals surface area contributed by atoms with E-state index in [-0.39, 0.29) is 19.6 Å². The molecule has 3 aromatic rings. The van der Waals surface area contributed by atoms with Crippen molar-refractivity contribution in [1.29, 1.82) is 0 Å². The molecule has 0 aliphatic heterocycles. The van der Waals surface area contributed by atoms with E-state index >= 15 is 0 Å². The molecular formula is C27H29Cl2N3O4S. The molecule has 0 aliphatic rings. The van der Waals surface area contributed by atoms with Crippen LogP contribution in [0.2, 0.25) is 10.0 Å². The van der Waals surface area contributed by atoms with Crippen LogP contribution < -0.4 is 5.32 Å². The second-order valence-corrected chi connectivity index (χ2v) is 11.5. The molecular weight excluding hydrogens is 533 g/mol. The molecule has 1 atom stereocenters. The van der Waals surface area contributed by atoms with E-state index in [1.165, 1.54) is 4.90 Å². The number of nitrogens with one attached hydrogen (secondary N) is 1. The minimum absolute atomic E-state index is 0.0350. The summed E-state index contributed by atoms with van der Waals surface area (Å²) in [5.41, 5.74) is 2.24. The van der Waals surface area contributed by atoms with Crippen LogP contribution >= 0.6 is 23.2 Å². The Labute approximate surface area is 228 Å². The van der Waals surface area contributed by atoms with Crippen LogP contribution in [0.15, 0.2) is 78.9 Å². The standard InChI is InChI=1S/C27H29Cl2N3O4S/c1-20(27(34)30-16-23-10-6-7-11-25(23)29)32(18-22-12-14-24(28)15-13-22)26(33)19-31(37(2,35)36)17-21-8-4-3-5-9-21/h3-15,20H,16-19H2,1-2H3,(H,30,34). The van der Waals surface area contributed by atoms with Gasteiger partial charge in [0.05, 0.1) is 12.8 Å². The molecule has 2 amide bonds. The van der Waals surface area contributed by atoms with Crippen LogP contribution in [0.4, 0.5) is 0 Å². The minimum Gasteiger partial charge on any atom is -0.350 e. The van der Waals surface area contributed by atoms with E-state index in [2.05, 4.69) is 5.32 Å². The maximum absolute atomic E-state index is 13.5. The molecule has 0 saturated heterocycles. The van der Waals surface area contributed by atoms with Crippen molar-refractivity contribution >= 4 is 45.0 Å². The number of nitrogens with zero attached hydrogens (tertiary/aromatic N) is 2. The second-order valence-electron chi connectivity index (χ2n) is 8.65. The Morgan fingerprint density at radius 1 is 0.865 bits per heavy atom. The van der Waals surface area contributed by atoms with Crippen LogP contribution in [-0.2, 0) is 39.2 Å². The van der Waals surface area contributed by atoms with Crippen LogP contribution in [-0.4, -0.2) is 48.3 Å². The van der Waals surface area contributed by atoms with Crippen molar-refractivity contribution in [3.8, 4) is 0 Å². The number of sulfonamides is 1. The largest absolute Gasteiger partial charge is 0.350 e. The summed E-state index contributed by atoms with van der Waals surface area (Å²) >= 11 is 12.2. The maximum Gasteiger partial charge on any atom is 0.242 e. The number of amides is 2. The van der Waals surface area contributed by atoms with E-state index in [1.807, 2.05) is 12.1 Å². The van der Waals surface area contributed by atoms with E-state index in [9.17, 15) is 18.0 Å². The molecule has 0 aliphatic carbocycles. The first kappa shape index (κ1) is 28.7. The van der Waals surface area contributed by atoms with E-state index in [4.69, 9.17) is 23.2 Å². The Hall–Kier alpha value is -2.91. The van der Waals surface area contributed by atoms with Gasteiger partial charge in [-0.2, -0.15) is 4.31 Å². The highest BCUT2D eigenvalue weighted by molar-refractivity contribution is 7.88. The molecule has 0 radical (unpaired) electrons. The van der Waals surface area contributed by atoms with E-state index in [0.717, 1.165) is 27.3 Å². The Balaban J connectivity index is 1.81. The van der Waals surface area contributed by atoms with Crippen LogP contribution in [0.25, 0.3) is 0 Å². The topological polar surface area (TPSA) is 86.8 Å². The van der Waals surface area contributed by atoms with Crippen molar-refractivity contribution in [3.05, 3.63) is 106 Å². The SMILES string of the molecule is CC(C(=O)NCc1ccccc1Cl)N(Cc1ccc(Cl)cc1)C(=O)CN(Cc1ccccc1)S(C)(=O)=O. The summed E-state index contributed by atoms with van der Waals surface area (Å²) in [4.78, 5) is 28.0. The normalized spacial score (nSPS) is 12.2. The van der Waals surface area contributed by atoms with Gasteiger partial charge in [0.2, 0.25) is 21.8 Å². The van der Waals surface area contributed by atoms with Gasteiger partial charge in [0.1, 0.15) is 6.04 Å². The molecule has 0 bridgehead atoms. The Bertz CT molecular complexity index is 1320. The quantitative estimate of drug-likeness (QED) is 0.373.